The van der Waals surface area contributed by atoms with Gasteiger partial charge in [-0.3, -0.25) is 9.69 Å². The van der Waals surface area contributed by atoms with Gasteiger partial charge in [-0.2, -0.15) is 4.68 Å². The highest BCUT2D eigenvalue weighted by Gasteiger charge is 2.28. The van der Waals surface area contributed by atoms with Crippen LogP contribution in [0, 0.1) is 5.92 Å². The van der Waals surface area contributed by atoms with E-state index in [-0.39, 0.29) is 5.92 Å². The summed E-state index contributed by atoms with van der Waals surface area (Å²) in [4.78, 5) is 17.1. The topological polar surface area (TPSA) is 76.4 Å². The van der Waals surface area contributed by atoms with Crippen LogP contribution in [0.25, 0.3) is 5.69 Å². The lowest BCUT2D eigenvalue weighted by Gasteiger charge is -2.36. The van der Waals surface area contributed by atoms with E-state index in [4.69, 9.17) is 4.74 Å². The summed E-state index contributed by atoms with van der Waals surface area (Å²) in [5.74, 6) is 2.22. The Hall–Kier alpha value is -2.48. The minimum Gasteiger partial charge on any atom is -0.497 e. The number of hydrogen-bond acceptors (Lipinski definition) is 6. The average Bonchev–Trinajstić information content (AvgIpc) is 3.22. The highest BCUT2D eigenvalue weighted by Crippen LogP contribution is 2.26. The zero-order valence-corrected chi connectivity index (χ0v) is 16.5. The van der Waals surface area contributed by atoms with Gasteiger partial charge in [0.15, 0.2) is 5.82 Å². The second-order valence-corrected chi connectivity index (χ2v) is 7.64. The SMILES string of the molecule is COc1ccc(-n2nnnc2CN2CCN(C(=O)C3CCCCC3)CC2)cc1. The van der Waals surface area contributed by atoms with Crippen molar-refractivity contribution in [2.75, 3.05) is 33.3 Å². The van der Waals surface area contributed by atoms with E-state index in [0.29, 0.717) is 12.5 Å². The third-order valence-corrected chi connectivity index (χ3v) is 5.85. The summed E-state index contributed by atoms with van der Waals surface area (Å²) in [7, 11) is 1.65. The molecule has 0 unspecified atom stereocenters. The second-order valence-electron chi connectivity index (χ2n) is 7.64. The van der Waals surface area contributed by atoms with Gasteiger partial charge in [0, 0.05) is 32.1 Å². The molecule has 0 atom stereocenters. The number of rotatable bonds is 5. The van der Waals surface area contributed by atoms with Crippen molar-refractivity contribution in [3.8, 4) is 11.4 Å². The lowest BCUT2D eigenvalue weighted by atomic mass is 9.88. The third kappa shape index (κ3) is 4.16. The van der Waals surface area contributed by atoms with Crippen LogP contribution in [0.3, 0.4) is 0 Å². The molecule has 4 rings (SSSR count). The van der Waals surface area contributed by atoms with E-state index in [9.17, 15) is 4.79 Å². The fourth-order valence-electron chi connectivity index (χ4n) is 4.16. The van der Waals surface area contributed by atoms with Gasteiger partial charge in [-0.1, -0.05) is 19.3 Å². The molecular weight excluding hydrogens is 356 g/mol. The van der Waals surface area contributed by atoms with Gasteiger partial charge >= 0.3 is 0 Å². The van der Waals surface area contributed by atoms with Crippen molar-refractivity contribution in [3.63, 3.8) is 0 Å². The Bertz CT molecular complexity index is 776. The van der Waals surface area contributed by atoms with Gasteiger partial charge in [-0.05, 0) is 47.5 Å². The van der Waals surface area contributed by atoms with Crippen molar-refractivity contribution in [2.24, 2.45) is 5.92 Å². The van der Waals surface area contributed by atoms with Gasteiger partial charge in [-0.25, -0.2) is 0 Å². The molecule has 0 radical (unpaired) electrons. The predicted octanol–water partition coefficient (Wildman–Crippen LogP) is 1.90. The Kier molecular flexibility index (Phi) is 5.85. The molecular formula is C20H28N6O2. The zero-order valence-electron chi connectivity index (χ0n) is 16.5. The van der Waals surface area contributed by atoms with Crippen LogP contribution >= 0.6 is 0 Å². The summed E-state index contributed by atoms with van der Waals surface area (Å²) >= 11 is 0. The Labute approximate surface area is 165 Å². The molecule has 1 aromatic heterocycles. The first-order valence-electron chi connectivity index (χ1n) is 10.2. The molecule has 1 aliphatic carbocycles. The summed E-state index contributed by atoms with van der Waals surface area (Å²) < 4.78 is 6.97. The third-order valence-electron chi connectivity index (χ3n) is 5.85. The maximum atomic E-state index is 12.7. The van der Waals surface area contributed by atoms with Gasteiger partial charge in [-0.15, -0.1) is 5.10 Å². The van der Waals surface area contributed by atoms with Crippen LogP contribution in [0.15, 0.2) is 24.3 Å². The number of tetrazole rings is 1. The molecule has 0 spiro atoms. The number of benzene rings is 1. The van der Waals surface area contributed by atoms with E-state index in [1.165, 1.54) is 19.3 Å². The number of nitrogens with zero attached hydrogens (tertiary/aromatic N) is 6. The van der Waals surface area contributed by atoms with Crippen LogP contribution < -0.4 is 4.74 Å². The van der Waals surface area contributed by atoms with Crippen molar-refractivity contribution in [2.45, 2.75) is 38.6 Å². The number of ether oxygens (including phenoxy) is 1. The molecule has 2 aromatic rings. The molecule has 8 heteroatoms. The Morgan fingerprint density at radius 2 is 1.79 bits per heavy atom. The van der Waals surface area contributed by atoms with Crippen molar-refractivity contribution < 1.29 is 9.53 Å². The lowest BCUT2D eigenvalue weighted by molar-refractivity contribution is -0.138. The highest BCUT2D eigenvalue weighted by molar-refractivity contribution is 5.79. The standard InChI is InChI=1S/C20H28N6O2/c1-28-18-9-7-17(8-10-18)26-19(21-22-23-26)15-24-11-13-25(14-12-24)20(27)16-5-3-2-4-6-16/h7-10,16H,2-6,11-15H2,1H3. The summed E-state index contributed by atoms with van der Waals surface area (Å²) in [5, 5.41) is 12.2. The van der Waals surface area contributed by atoms with Gasteiger partial charge in [0.25, 0.3) is 0 Å². The molecule has 2 fully saturated rings. The molecule has 1 amide bonds. The zero-order chi connectivity index (χ0) is 19.3. The maximum Gasteiger partial charge on any atom is 0.225 e. The summed E-state index contributed by atoms with van der Waals surface area (Å²) in [6.07, 6.45) is 5.81. The molecule has 1 aliphatic heterocycles. The quantitative estimate of drug-likeness (QED) is 0.784. The second kappa shape index (κ2) is 8.68. The van der Waals surface area contributed by atoms with Crippen LogP contribution in [-0.2, 0) is 11.3 Å². The molecule has 0 N–H and O–H groups in total. The minimum atomic E-state index is 0.252. The number of aromatic nitrogens is 4. The first-order valence-corrected chi connectivity index (χ1v) is 10.2. The predicted molar refractivity (Wildman–Crippen MR) is 104 cm³/mol. The lowest BCUT2D eigenvalue weighted by Crippen LogP contribution is -2.50. The fraction of sp³-hybridized carbons (Fsp3) is 0.600. The molecule has 1 saturated carbocycles. The molecule has 0 bridgehead atoms. The van der Waals surface area contributed by atoms with Gasteiger partial charge in [0.05, 0.1) is 19.3 Å². The normalized spacial score (nSPS) is 19.0. The Morgan fingerprint density at radius 3 is 2.46 bits per heavy atom. The summed E-state index contributed by atoms with van der Waals surface area (Å²) in [6, 6.07) is 7.69. The molecule has 28 heavy (non-hydrogen) atoms. The van der Waals surface area contributed by atoms with Crippen LogP contribution in [-0.4, -0.2) is 69.2 Å². The van der Waals surface area contributed by atoms with Crippen LogP contribution in [0.2, 0.25) is 0 Å². The van der Waals surface area contributed by atoms with Gasteiger partial charge < -0.3 is 9.64 Å². The maximum absolute atomic E-state index is 12.7. The molecule has 2 aliphatic rings. The average molecular weight is 384 g/mol. The number of carbonyl (C=O) groups excluding carboxylic acids is 1. The number of hydrogen-bond donors (Lipinski definition) is 0. The van der Waals surface area contributed by atoms with Gasteiger partial charge in [0.2, 0.25) is 5.91 Å². The summed E-state index contributed by atoms with van der Waals surface area (Å²) in [5.41, 5.74) is 0.909. The molecule has 1 saturated heterocycles. The fourth-order valence-corrected chi connectivity index (χ4v) is 4.16. The smallest absolute Gasteiger partial charge is 0.225 e. The summed E-state index contributed by atoms with van der Waals surface area (Å²) in [6.45, 7) is 3.96. The van der Waals surface area contributed by atoms with E-state index in [0.717, 1.165) is 56.3 Å². The van der Waals surface area contributed by atoms with Crippen LogP contribution in [0.1, 0.15) is 37.9 Å². The van der Waals surface area contributed by atoms with Crippen molar-refractivity contribution >= 4 is 5.91 Å². The van der Waals surface area contributed by atoms with Crippen LogP contribution in [0.5, 0.6) is 5.75 Å². The van der Waals surface area contributed by atoms with Crippen LogP contribution in [0.4, 0.5) is 0 Å². The van der Waals surface area contributed by atoms with E-state index in [1.807, 2.05) is 24.3 Å². The molecule has 8 nitrogen and oxygen atoms in total. The molecule has 2 heterocycles. The first kappa shape index (κ1) is 18.9. The van der Waals surface area contributed by atoms with Gasteiger partial charge in [0.1, 0.15) is 5.75 Å². The molecule has 150 valence electrons. The van der Waals surface area contributed by atoms with E-state index >= 15 is 0 Å². The number of piperazine rings is 1. The van der Waals surface area contributed by atoms with Crippen molar-refractivity contribution in [1.29, 1.82) is 0 Å². The number of carbonyl (C=O) groups is 1. The molecule has 1 aromatic carbocycles. The first-order chi connectivity index (χ1) is 13.7. The monoisotopic (exact) mass is 384 g/mol. The Morgan fingerprint density at radius 1 is 1.07 bits per heavy atom. The van der Waals surface area contributed by atoms with E-state index in [2.05, 4.69) is 25.3 Å². The van der Waals surface area contributed by atoms with E-state index in [1.54, 1.807) is 11.8 Å². The van der Waals surface area contributed by atoms with E-state index < -0.39 is 0 Å². The van der Waals surface area contributed by atoms with Crippen molar-refractivity contribution in [3.05, 3.63) is 30.1 Å². The number of amides is 1. The largest absolute Gasteiger partial charge is 0.497 e. The minimum absolute atomic E-state index is 0.252. The Balaban J connectivity index is 1.34. The number of methoxy groups -OCH3 is 1. The highest BCUT2D eigenvalue weighted by atomic mass is 16.5. The van der Waals surface area contributed by atoms with Crippen molar-refractivity contribution in [1.82, 2.24) is 30.0 Å².